The third-order valence-corrected chi connectivity index (χ3v) is 2.88. The van der Waals surface area contributed by atoms with E-state index in [4.69, 9.17) is 5.73 Å². The number of nitrogens with zero attached hydrogens (tertiary/aromatic N) is 3. The lowest BCUT2D eigenvalue weighted by atomic mass is 9.94. The molecule has 0 fully saturated rings. The van der Waals surface area contributed by atoms with Gasteiger partial charge < -0.3 is 11.1 Å². The molecule has 0 aliphatic heterocycles. The number of nitrogens with two attached hydrogens (primary N) is 1. The molecule has 1 rings (SSSR count). The molecule has 0 saturated carbocycles. The number of rotatable bonds is 7. The number of amides is 1. The summed E-state index contributed by atoms with van der Waals surface area (Å²) in [6.07, 6.45) is 5.80. The summed E-state index contributed by atoms with van der Waals surface area (Å²) in [5.41, 5.74) is 4.72. The van der Waals surface area contributed by atoms with E-state index < -0.39 is 5.54 Å². The van der Waals surface area contributed by atoms with E-state index in [1.807, 2.05) is 6.92 Å². The summed E-state index contributed by atoms with van der Waals surface area (Å²) in [6.45, 7) is 2.64. The summed E-state index contributed by atoms with van der Waals surface area (Å²) in [4.78, 5) is 15.1. The SMILES string of the molecule is CNC(C)(CCCCn1cncn1)C(N)=O. The molecule has 1 amide bonds. The number of nitrogens with one attached hydrogen (secondary N) is 1. The van der Waals surface area contributed by atoms with E-state index in [1.54, 1.807) is 18.1 Å². The van der Waals surface area contributed by atoms with Gasteiger partial charge in [-0.1, -0.05) is 0 Å². The molecule has 6 heteroatoms. The minimum Gasteiger partial charge on any atom is -0.368 e. The molecule has 6 nitrogen and oxygen atoms in total. The minimum absolute atomic E-state index is 0.309. The average Bonchev–Trinajstić information content (AvgIpc) is 2.76. The Bertz CT molecular complexity index is 324. The first-order chi connectivity index (χ1) is 7.58. The third-order valence-electron chi connectivity index (χ3n) is 2.88. The normalized spacial score (nSPS) is 14.6. The van der Waals surface area contributed by atoms with Crippen LogP contribution in [0, 0.1) is 0 Å². The zero-order chi connectivity index (χ0) is 12.0. The Morgan fingerprint density at radius 1 is 1.56 bits per heavy atom. The maximum absolute atomic E-state index is 11.2. The molecule has 0 aliphatic rings. The zero-order valence-electron chi connectivity index (χ0n) is 9.81. The first-order valence-electron chi connectivity index (χ1n) is 5.40. The fourth-order valence-corrected chi connectivity index (χ4v) is 1.47. The molecular formula is C10H19N5O. The van der Waals surface area contributed by atoms with E-state index in [0.29, 0.717) is 0 Å². The van der Waals surface area contributed by atoms with Gasteiger partial charge in [0.25, 0.3) is 0 Å². The van der Waals surface area contributed by atoms with Crippen molar-refractivity contribution in [2.45, 2.75) is 38.3 Å². The molecular weight excluding hydrogens is 206 g/mol. The molecule has 0 aliphatic carbocycles. The van der Waals surface area contributed by atoms with Crippen molar-refractivity contribution in [3.8, 4) is 0 Å². The standard InChI is InChI=1S/C10H19N5O/c1-10(12-2,9(11)16)5-3-4-6-15-8-13-7-14-15/h7-8,12H,3-6H2,1-2H3,(H2,11,16). The van der Waals surface area contributed by atoms with Crippen molar-refractivity contribution in [3.05, 3.63) is 12.7 Å². The predicted molar refractivity (Wildman–Crippen MR) is 60.5 cm³/mol. The Balaban J connectivity index is 2.26. The van der Waals surface area contributed by atoms with Crippen LogP contribution in [0.4, 0.5) is 0 Å². The third kappa shape index (κ3) is 3.30. The molecule has 0 aromatic carbocycles. The number of unbranched alkanes of at least 4 members (excludes halogenated alkanes) is 1. The van der Waals surface area contributed by atoms with E-state index >= 15 is 0 Å². The lowest BCUT2D eigenvalue weighted by molar-refractivity contribution is -0.123. The monoisotopic (exact) mass is 225 g/mol. The molecule has 1 aromatic rings. The smallest absolute Gasteiger partial charge is 0.237 e. The van der Waals surface area contributed by atoms with E-state index in [1.165, 1.54) is 6.33 Å². The number of carbonyl (C=O) groups excluding carboxylic acids is 1. The van der Waals surface area contributed by atoms with Crippen LogP contribution in [0.5, 0.6) is 0 Å². The Morgan fingerprint density at radius 2 is 2.31 bits per heavy atom. The van der Waals surface area contributed by atoms with Gasteiger partial charge in [0.05, 0.1) is 5.54 Å². The summed E-state index contributed by atoms with van der Waals surface area (Å²) >= 11 is 0. The average molecular weight is 225 g/mol. The van der Waals surface area contributed by atoms with Crippen LogP contribution in [-0.2, 0) is 11.3 Å². The number of carbonyl (C=O) groups is 1. The second-order valence-corrected chi connectivity index (χ2v) is 4.06. The maximum Gasteiger partial charge on any atom is 0.237 e. The highest BCUT2D eigenvalue weighted by Gasteiger charge is 2.27. The number of hydrogen-bond donors (Lipinski definition) is 2. The van der Waals surface area contributed by atoms with Crippen LogP contribution in [0.3, 0.4) is 0 Å². The van der Waals surface area contributed by atoms with E-state index in [9.17, 15) is 4.79 Å². The Hall–Kier alpha value is -1.43. The highest BCUT2D eigenvalue weighted by Crippen LogP contribution is 2.13. The Kier molecular flexibility index (Phi) is 4.42. The number of likely N-dealkylation sites (N-methyl/N-ethyl adjacent to an activating group) is 1. The van der Waals surface area contributed by atoms with Crippen LogP contribution >= 0.6 is 0 Å². The number of primary amides is 1. The number of hydrogen-bond acceptors (Lipinski definition) is 4. The lowest BCUT2D eigenvalue weighted by Crippen LogP contribution is -2.51. The van der Waals surface area contributed by atoms with Crippen molar-refractivity contribution in [2.24, 2.45) is 5.73 Å². The zero-order valence-corrected chi connectivity index (χ0v) is 9.81. The summed E-state index contributed by atoms with van der Waals surface area (Å²) < 4.78 is 1.78. The first-order valence-corrected chi connectivity index (χ1v) is 5.40. The molecule has 1 unspecified atom stereocenters. The Labute approximate surface area is 95.2 Å². The van der Waals surface area contributed by atoms with E-state index in [2.05, 4.69) is 15.4 Å². The number of aryl methyl sites for hydroxylation is 1. The van der Waals surface area contributed by atoms with Crippen molar-refractivity contribution in [1.29, 1.82) is 0 Å². The highest BCUT2D eigenvalue weighted by molar-refractivity contribution is 5.84. The van der Waals surface area contributed by atoms with Crippen molar-refractivity contribution < 1.29 is 4.79 Å². The van der Waals surface area contributed by atoms with Crippen LogP contribution < -0.4 is 11.1 Å². The van der Waals surface area contributed by atoms with Gasteiger partial charge >= 0.3 is 0 Å². The van der Waals surface area contributed by atoms with Gasteiger partial charge in [-0.15, -0.1) is 0 Å². The van der Waals surface area contributed by atoms with Crippen molar-refractivity contribution in [1.82, 2.24) is 20.1 Å². The molecule has 0 bridgehead atoms. The first kappa shape index (κ1) is 12.6. The van der Waals surface area contributed by atoms with Crippen LogP contribution in [0.15, 0.2) is 12.7 Å². The fourth-order valence-electron chi connectivity index (χ4n) is 1.47. The van der Waals surface area contributed by atoms with Gasteiger partial charge in [-0.2, -0.15) is 5.10 Å². The topological polar surface area (TPSA) is 85.8 Å². The Morgan fingerprint density at radius 3 is 2.81 bits per heavy atom. The van der Waals surface area contributed by atoms with Crippen molar-refractivity contribution >= 4 is 5.91 Å². The van der Waals surface area contributed by atoms with Gasteiger partial charge in [0, 0.05) is 6.54 Å². The molecule has 0 radical (unpaired) electrons. The fraction of sp³-hybridized carbons (Fsp3) is 0.700. The summed E-state index contributed by atoms with van der Waals surface area (Å²) in [7, 11) is 1.75. The lowest BCUT2D eigenvalue weighted by Gasteiger charge is -2.25. The van der Waals surface area contributed by atoms with Gasteiger partial charge in [-0.3, -0.25) is 9.48 Å². The summed E-state index contributed by atoms with van der Waals surface area (Å²) in [5.74, 6) is -0.309. The van der Waals surface area contributed by atoms with Gasteiger partial charge in [-0.05, 0) is 33.2 Å². The van der Waals surface area contributed by atoms with Crippen molar-refractivity contribution in [2.75, 3.05) is 7.05 Å². The van der Waals surface area contributed by atoms with E-state index in [0.717, 1.165) is 25.8 Å². The molecule has 1 heterocycles. The quantitative estimate of drug-likeness (QED) is 0.635. The minimum atomic E-state index is -0.609. The summed E-state index contributed by atoms with van der Waals surface area (Å²) in [6, 6.07) is 0. The van der Waals surface area contributed by atoms with E-state index in [-0.39, 0.29) is 5.91 Å². The largest absolute Gasteiger partial charge is 0.368 e. The van der Waals surface area contributed by atoms with Gasteiger partial charge in [-0.25, -0.2) is 4.98 Å². The molecule has 0 spiro atoms. The molecule has 1 atom stereocenters. The summed E-state index contributed by atoms with van der Waals surface area (Å²) in [5, 5.41) is 6.97. The second-order valence-electron chi connectivity index (χ2n) is 4.06. The second kappa shape index (κ2) is 5.60. The van der Waals surface area contributed by atoms with Gasteiger partial charge in [0.15, 0.2) is 0 Å². The molecule has 0 saturated heterocycles. The maximum atomic E-state index is 11.2. The van der Waals surface area contributed by atoms with Crippen LogP contribution in [0.1, 0.15) is 26.2 Å². The van der Waals surface area contributed by atoms with Crippen LogP contribution in [-0.4, -0.2) is 33.3 Å². The highest BCUT2D eigenvalue weighted by atomic mass is 16.1. The predicted octanol–water partition coefficient (Wildman–Crippen LogP) is -0.0882. The molecule has 1 aromatic heterocycles. The molecule has 90 valence electrons. The van der Waals surface area contributed by atoms with Crippen molar-refractivity contribution in [3.63, 3.8) is 0 Å². The molecule has 16 heavy (non-hydrogen) atoms. The number of aromatic nitrogens is 3. The van der Waals surface area contributed by atoms with Crippen LogP contribution in [0.2, 0.25) is 0 Å². The van der Waals surface area contributed by atoms with Gasteiger partial charge in [0.1, 0.15) is 12.7 Å². The molecule has 3 N–H and O–H groups in total. The van der Waals surface area contributed by atoms with Gasteiger partial charge in [0.2, 0.25) is 5.91 Å². The van der Waals surface area contributed by atoms with Crippen LogP contribution in [0.25, 0.3) is 0 Å².